The fraction of sp³-hybridized carbons (Fsp3) is 0.667. The van der Waals surface area contributed by atoms with Crippen molar-refractivity contribution in [1.29, 1.82) is 0 Å². The van der Waals surface area contributed by atoms with E-state index in [1.165, 1.54) is 18.9 Å². The highest BCUT2D eigenvalue weighted by Gasteiger charge is 2.24. The van der Waals surface area contributed by atoms with Gasteiger partial charge in [0.15, 0.2) is 6.04 Å². The molecule has 0 saturated carbocycles. The van der Waals surface area contributed by atoms with Crippen molar-refractivity contribution < 1.29 is 9.53 Å². The normalized spacial score (nSPS) is 23.1. The minimum absolute atomic E-state index is 0.277. The van der Waals surface area contributed by atoms with Gasteiger partial charge < -0.3 is 10.5 Å². The van der Waals surface area contributed by atoms with E-state index >= 15 is 0 Å². The van der Waals surface area contributed by atoms with Gasteiger partial charge in [0.2, 0.25) is 0 Å². The summed E-state index contributed by atoms with van der Waals surface area (Å²) in [5.41, 5.74) is 5.33. The van der Waals surface area contributed by atoms with E-state index in [9.17, 15) is 4.79 Å². The van der Waals surface area contributed by atoms with Crippen LogP contribution in [0, 0.1) is 0 Å². The number of carbonyl (C=O) groups excluding carboxylic acids is 1. The van der Waals surface area contributed by atoms with Gasteiger partial charge in [-0.25, -0.2) is 4.79 Å². The Labute approximate surface area is 69.2 Å². The topological polar surface area (TPSA) is 64.7 Å². The van der Waals surface area contributed by atoms with Crippen LogP contribution in [0.2, 0.25) is 0 Å². The molecule has 1 atom stereocenters. The summed E-state index contributed by atoms with van der Waals surface area (Å²) >= 11 is 1.52. The van der Waals surface area contributed by atoms with E-state index in [1.807, 2.05) is 0 Å². The summed E-state index contributed by atoms with van der Waals surface area (Å²) in [5.74, 6) is 0.389. The molecule has 0 aliphatic carbocycles. The number of hydrogen-bond donors (Lipinski definition) is 1. The Balaban J connectivity index is 2.52. The molecule has 0 spiro atoms. The summed E-state index contributed by atoms with van der Waals surface area (Å²) in [6.07, 6.45) is 0. The second kappa shape index (κ2) is 3.73. The summed E-state index contributed by atoms with van der Waals surface area (Å²) in [6.45, 7) is 0.415. The molecule has 5 heteroatoms. The van der Waals surface area contributed by atoms with E-state index in [1.54, 1.807) is 0 Å². The van der Waals surface area contributed by atoms with Gasteiger partial charge in [-0.1, -0.05) is 0 Å². The summed E-state index contributed by atoms with van der Waals surface area (Å²) in [7, 11) is 1.36. The van der Waals surface area contributed by atoms with Crippen molar-refractivity contribution in [2.24, 2.45) is 10.7 Å². The molecular weight excluding hydrogens is 164 g/mol. The number of hydrogen-bond acceptors (Lipinski definition) is 5. The van der Waals surface area contributed by atoms with Crippen LogP contribution in [0.15, 0.2) is 4.99 Å². The first kappa shape index (κ1) is 8.55. The lowest BCUT2D eigenvalue weighted by Crippen LogP contribution is -2.20. The smallest absolute Gasteiger partial charge is 0.331 e. The largest absolute Gasteiger partial charge is 0.467 e. The molecule has 1 aliphatic rings. The molecule has 1 aliphatic heterocycles. The predicted molar refractivity (Wildman–Crippen MR) is 44.8 cm³/mol. The van der Waals surface area contributed by atoms with Crippen molar-refractivity contribution in [2.75, 3.05) is 19.4 Å². The lowest BCUT2D eigenvalue weighted by Gasteiger charge is -2.00. The number of nitrogens with zero attached hydrogens (tertiary/aromatic N) is 1. The lowest BCUT2D eigenvalue weighted by atomic mass is 10.4. The number of esters is 1. The Bertz CT molecular complexity index is 193. The third-order valence-corrected chi connectivity index (χ3v) is 2.44. The molecule has 0 aromatic rings. The van der Waals surface area contributed by atoms with Crippen LogP contribution in [0.1, 0.15) is 0 Å². The Kier molecular flexibility index (Phi) is 2.90. The number of carbonyl (C=O) groups is 1. The van der Waals surface area contributed by atoms with Gasteiger partial charge in [-0.15, -0.1) is 11.8 Å². The molecule has 11 heavy (non-hydrogen) atoms. The first-order chi connectivity index (χ1) is 5.27. The van der Waals surface area contributed by atoms with Crippen LogP contribution in [-0.2, 0) is 9.53 Å². The lowest BCUT2D eigenvalue weighted by molar-refractivity contribution is -0.141. The molecule has 1 heterocycles. The minimum Gasteiger partial charge on any atom is -0.467 e. The second-order valence-electron chi connectivity index (χ2n) is 2.08. The third-order valence-electron chi connectivity index (χ3n) is 1.36. The summed E-state index contributed by atoms with van der Waals surface area (Å²) in [6, 6.07) is -0.330. The molecular formula is C6H10N2O2S. The maximum atomic E-state index is 10.9. The maximum absolute atomic E-state index is 10.9. The second-order valence-corrected chi connectivity index (χ2v) is 3.17. The molecule has 0 aromatic heterocycles. The van der Waals surface area contributed by atoms with Crippen molar-refractivity contribution in [3.05, 3.63) is 0 Å². The molecule has 0 bridgehead atoms. The van der Waals surface area contributed by atoms with Crippen molar-refractivity contribution in [1.82, 2.24) is 0 Å². The quantitative estimate of drug-likeness (QED) is 0.580. The van der Waals surface area contributed by atoms with Crippen LogP contribution in [0.25, 0.3) is 0 Å². The molecule has 1 rings (SSSR count). The van der Waals surface area contributed by atoms with E-state index in [-0.39, 0.29) is 12.0 Å². The summed E-state index contributed by atoms with van der Waals surface area (Å²) in [5, 5.41) is 0.834. The van der Waals surface area contributed by atoms with Gasteiger partial charge >= 0.3 is 5.97 Å². The zero-order valence-electron chi connectivity index (χ0n) is 6.24. The maximum Gasteiger partial charge on any atom is 0.331 e. The Morgan fingerprint density at radius 3 is 3.18 bits per heavy atom. The van der Waals surface area contributed by atoms with E-state index in [2.05, 4.69) is 9.73 Å². The van der Waals surface area contributed by atoms with Crippen LogP contribution in [-0.4, -0.2) is 36.5 Å². The molecule has 0 unspecified atom stereocenters. The summed E-state index contributed by atoms with van der Waals surface area (Å²) < 4.78 is 4.53. The average molecular weight is 174 g/mol. The van der Waals surface area contributed by atoms with Crippen LogP contribution < -0.4 is 5.73 Å². The number of aliphatic imine (C=N–C) groups is 1. The number of ether oxygens (including phenoxy) is 1. The Morgan fingerprint density at radius 2 is 2.73 bits per heavy atom. The van der Waals surface area contributed by atoms with E-state index in [4.69, 9.17) is 5.73 Å². The van der Waals surface area contributed by atoms with Gasteiger partial charge in [-0.2, -0.15) is 0 Å². The van der Waals surface area contributed by atoms with Gasteiger partial charge in [-0.3, -0.25) is 4.99 Å². The number of thioether (sulfide) groups is 1. The van der Waals surface area contributed by atoms with Crippen LogP contribution >= 0.6 is 11.8 Å². The van der Waals surface area contributed by atoms with Crippen LogP contribution in [0.3, 0.4) is 0 Å². The van der Waals surface area contributed by atoms with E-state index in [0.29, 0.717) is 12.3 Å². The highest BCUT2D eigenvalue weighted by molar-refractivity contribution is 8.14. The van der Waals surface area contributed by atoms with Crippen molar-refractivity contribution in [2.45, 2.75) is 6.04 Å². The highest BCUT2D eigenvalue weighted by Crippen LogP contribution is 2.17. The molecule has 0 fully saturated rings. The molecule has 0 saturated heterocycles. The number of nitrogens with two attached hydrogens (primary N) is 1. The first-order valence-corrected chi connectivity index (χ1v) is 4.24. The zero-order chi connectivity index (χ0) is 8.27. The minimum atomic E-state index is -0.330. The molecule has 0 aromatic carbocycles. The van der Waals surface area contributed by atoms with Crippen molar-refractivity contribution in [3.63, 3.8) is 0 Å². The van der Waals surface area contributed by atoms with Crippen LogP contribution in [0.5, 0.6) is 0 Å². The monoisotopic (exact) mass is 174 g/mol. The fourth-order valence-electron chi connectivity index (χ4n) is 0.792. The number of rotatable bonds is 2. The molecule has 0 amide bonds. The number of methoxy groups -OCH3 is 1. The van der Waals surface area contributed by atoms with Crippen LogP contribution in [0.4, 0.5) is 0 Å². The average Bonchev–Trinajstić information content (AvgIpc) is 2.50. The molecule has 4 nitrogen and oxygen atoms in total. The molecule has 2 N–H and O–H groups in total. The first-order valence-electron chi connectivity index (χ1n) is 3.25. The van der Waals surface area contributed by atoms with E-state index in [0.717, 1.165) is 5.04 Å². The van der Waals surface area contributed by atoms with Crippen molar-refractivity contribution in [3.8, 4) is 0 Å². The molecule has 0 radical (unpaired) electrons. The standard InChI is InChI=1S/C6H10N2O2S/c1-10-6(9)4-3-11-5(2-7)8-4/h4H,2-3,7H2,1H3/t4-/m1/s1. The van der Waals surface area contributed by atoms with Gasteiger partial charge in [-0.05, 0) is 0 Å². The highest BCUT2D eigenvalue weighted by atomic mass is 32.2. The van der Waals surface area contributed by atoms with Gasteiger partial charge in [0.1, 0.15) is 0 Å². The van der Waals surface area contributed by atoms with Gasteiger partial charge in [0.25, 0.3) is 0 Å². The fourth-order valence-corrected chi connectivity index (χ4v) is 1.67. The Hall–Kier alpha value is -0.550. The predicted octanol–water partition coefficient (Wildman–Crippen LogP) is -0.368. The third kappa shape index (κ3) is 1.94. The van der Waals surface area contributed by atoms with Gasteiger partial charge in [0, 0.05) is 12.3 Å². The molecule has 62 valence electrons. The SMILES string of the molecule is COC(=O)[C@H]1CSC(CN)=N1. The Morgan fingerprint density at radius 1 is 2.00 bits per heavy atom. The summed E-state index contributed by atoms with van der Waals surface area (Å²) in [4.78, 5) is 14.9. The zero-order valence-corrected chi connectivity index (χ0v) is 7.06. The van der Waals surface area contributed by atoms with Crippen molar-refractivity contribution >= 4 is 22.8 Å². The van der Waals surface area contributed by atoms with Gasteiger partial charge in [0.05, 0.1) is 12.2 Å². The van der Waals surface area contributed by atoms with E-state index < -0.39 is 0 Å².